The van der Waals surface area contributed by atoms with Crippen LogP contribution in [0.3, 0.4) is 0 Å². The molecule has 0 aliphatic rings. The monoisotopic (exact) mass is 445 g/mol. The Labute approximate surface area is 151 Å². The topological polar surface area (TPSA) is 45.6 Å². The molecule has 0 spiro atoms. The predicted molar refractivity (Wildman–Crippen MR) is 96.8 cm³/mol. The molecular weight excluding hydrogens is 422 g/mol. The lowest BCUT2D eigenvalue weighted by molar-refractivity contribution is -0.132. The van der Waals surface area contributed by atoms with Gasteiger partial charge in [0.1, 0.15) is 5.75 Å². The highest BCUT2D eigenvalue weighted by atomic mass is 127. The maximum absolute atomic E-state index is 12.1. The fourth-order valence-corrected chi connectivity index (χ4v) is 1.83. The van der Waals surface area contributed by atoms with E-state index < -0.39 is 12.6 Å². The Morgan fingerprint density at radius 3 is 2.52 bits per heavy atom. The number of benzene rings is 1. The zero-order chi connectivity index (χ0) is 16.4. The molecule has 1 aromatic carbocycles. The molecule has 8 heteroatoms. The highest BCUT2D eigenvalue weighted by molar-refractivity contribution is 14.0. The van der Waals surface area contributed by atoms with Gasteiger partial charge in [-0.15, -0.1) is 24.0 Å². The van der Waals surface area contributed by atoms with Gasteiger partial charge in [0.25, 0.3) is 0 Å². The van der Waals surface area contributed by atoms with E-state index in [0.29, 0.717) is 19.1 Å². The lowest BCUT2D eigenvalue weighted by Crippen LogP contribution is -2.39. The van der Waals surface area contributed by atoms with Crippen molar-refractivity contribution >= 4 is 29.9 Å². The van der Waals surface area contributed by atoms with Crippen molar-refractivity contribution in [2.24, 2.45) is 4.99 Å². The highest BCUT2D eigenvalue weighted by Gasteiger charge is 2.26. The number of nitrogens with zero attached hydrogens (tertiary/aromatic N) is 1. The fourth-order valence-electron chi connectivity index (χ4n) is 1.83. The van der Waals surface area contributed by atoms with Crippen LogP contribution in [0.1, 0.15) is 18.9 Å². The Bertz CT molecular complexity index is 481. The molecule has 1 rings (SSSR count). The SMILES string of the molecule is CCOc1cccc(CCNC(=NC)NCCC(F)(F)F)c1.I. The Hall–Kier alpha value is -1.19. The predicted octanol–water partition coefficient (Wildman–Crippen LogP) is 3.36. The summed E-state index contributed by atoms with van der Waals surface area (Å²) in [5.41, 5.74) is 1.09. The van der Waals surface area contributed by atoms with Crippen LogP contribution in [0.5, 0.6) is 5.75 Å². The minimum Gasteiger partial charge on any atom is -0.494 e. The zero-order valence-electron chi connectivity index (χ0n) is 13.2. The van der Waals surface area contributed by atoms with Gasteiger partial charge >= 0.3 is 6.18 Å². The minimum atomic E-state index is -4.16. The van der Waals surface area contributed by atoms with E-state index in [-0.39, 0.29) is 30.5 Å². The molecule has 0 aliphatic carbocycles. The maximum atomic E-state index is 12.1. The van der Waals surface area contributed by atoms with E-state index in [4.69, 9.17) is 4.74 Å². The van der Waals surface area contributed by atoms with E-state index in [1.165, 1.54) is 7.05 Å². The average Bonchev–Trinajstić information content (AvgIpc) is 2.45. The average molecular weight is 445 g/mol. The van der Waals surface area contributed by atoms with Crippen LogP contribution in [0.15, 0.2) is 29.3 Å². The second-order valence-corrected chi connectivity index (χ2v) is 4.62. The van der Waals surface area contributed by atoms with Gasteiger partial charge in [-0.2, -0.15) is 13.2 Å². The lowest BCUT2D eigenvalue weighted by Gasteiger charge is -2.13. The van der Waals surface area contributed by atoms with Gasteiger partial charge in [-0.3, -0.25) is 4.99 Å². The summed E-state index contributed by atoms with van der Waals surface area (Å²) in [6.07, 6.45) is -4.32. The van der Waals surface area contributed by atoms with E-state index in [1.807, 2.05) is 31.2 Å². The molecule has 4 nitrogen and oxygen atoms in total. The van der Waals surface area contributed by atoms with E-state index in [0.717, 1.165) is 17.7 Å². The third kappa shape index (κ3) is 10.2. The molecule has 0 atom stereocenters. The fraction of sp³-hybridized carbons (Fsp3) is 0.533. The smallest absolute Gasteiger partial charge is 0.390 e. The Morgan fingerprint density at radius 1 is 1.22 bits per heavy atom. The van der Waals surface area contributed by atoms with Gasteiger partial charge in [-0.05, 0) is 31.0 Å². The molecule has 132 valence electrons. The van der Waals surface area contributed by atoms with Crippen molar-refractivity contribution < 1.29 is 17.9 Å². The number of hydrogen-bond acceptors (Lipinski definition) is 2. The molecule has 23 heavy (non-hydrogen) atoms. The summed E-state index contributed by atoms with van der Waals surface area (Å²) in [4.78, 5) is 3.89. The Balaban J connectivity index is 0.00000484. The molecule has 0 aromatic heterocycles. The number of halogens is 4. The van der Waals surface area contributed by atoms with E-state index in [9.17, 15) is 13.2 Å². The van der Waals surface area contributed by atoms with Crippen molar-refractivity contribution in [3.05, 3.63) is 29.8 Å². The van der Waals surface area contributed by atoms with Crippen molar-refractivity contribution in [2.45, 2.75) is 25.9 Å². The Kier molecular flexibility index (Phi) is 10.8. The first-order chi connectivity index (χ1) is 10.4. The minimum absolute atomic E-state index is 0. The summed E-state index contributed by atoms with van der Waals surface area (Å²) in [7, 11) is 1.53. The number of alkyl halides is 3. The quantitative estimate of drug-likeness (QED) is 0.385. The first-order valence-electron chi connectivity index (χ1n) is 7.17. The van der Waals surface area contributed by atoms with Gasteiger partial charge in [0, 0.05) is 20.1 Å². The number of ether oxygens (including phenoxy) is 1. The molecule has 0 aliphatic heterocycles. The van der Waals surface area contributed by atoms with Crippen LogP contribution < -0.4 is 15.4 Å². The number of aliphatic imine (C=N–C) groups is 1. The van der Waals surface area contributed by atoms with Crippen molar-refractivity contribution in [3.8, 4) is 5.75 Å². The van der Waals surface area contributed by atoms with Crippen molar-refractivity contribution in [3.63, 3.8) is 0 Å². The molecule has 0 fully saturated rings. The van der Waals surface area contributed by atoms with Gasteiger partial charge in [0.15, 0.2) is 5.96 Å². The molecule has 0 saturated heterocycles. The lowest BCUT2D eigenvalue weighted by atomic mass is 10.1. The van der Waals surface area contributed by atoms with Crippen LogP contribution in [0.25, 0.3) is 0 Å². The first kappa shape index (κ1) is 21.8. The van der Waals surface area contributed by atoms with E-state index in [1.54, 1.807) is 0 Å². The summed E-state index contributed by atoms with van der Waals surface area (Å²) in [5, 5.41) is 5.62. The Morgan fingerprint density at radius 2 is 1.91 bits per heavy atom. The molecule has 0 bridgehead atoms. The number of nitrogens with one attached hydrogen (secondary N) is 2. The second-order valence-electron chi connectivity index (χ2n) is 4.62. The highest BCUT2D eigenvalue weighted by Crippen LogP contribution is 2.18. The van der Waals surface area contributed by atoms with Crippen molar-refractivity contribution in [2.75, 3.05) is 26.7 Å². The molecule has 0 amide bonds. The summed E-state index contributed by atoms with van der Waals surface area (Å²) in [5.74, 6) is 1.18. The van der Waals surface area contributed by atoms with Crippen LogP contribution in [0.2, 0.25) is 0 Å². The standard InChI is InChI=1S/C15H22F3N3O.HI/c1-3-22-13-6-4-5-12(11-13)7-9-20-14(19-2)21-10-8-15(16,17)18;/h4-6,11H,3,7-10H2,1-2H3,(H2,19,20,21);1H. The summed E-state index contributed by atoms with van der Waals surface area (Å²) < 4.78 is 41.6. The van der Waals surface area contributed by atoms with E-state index >= 15 is 0 Å². The third-order valence-electron chi connectivity index (χ3n) is 2.84. The van der Waals surface area contributed by atoms with Gasteiger partial charge in [0.2, 0.25) is 0 Å². The molecule has 2 N–H and O–H groups in total. The van der Waals surface area contributed by atoms with Crippen LogP contribution in [0, 0.1) is 0 Å². The van der Waals surface area contributed by atoms with Crippen molar-refractivity contribution in [1.82, 2.24) is 10.6 Å². The van der Waals surface area contributed by atoms with Gasteiger partial charge < -0.3 is 15.4 Å². The van der Waals surface area contributed by atoms with Crippen LogP contribution in [0.4, 0.5) is 13.2 Å². The summed E-state index contributed by atoms with van der Waals surface area (Å²) in [6.45, 7) is 2.91. The van der Waals surface area contributed by atoms with Crippen LogP contribution >= 0.6 is 24.0 Å². The largest absolute Gasteiger partial charge is 0.494 e. The van der Waals surface area contributed by atoms with Gasteiger partial charge in [0.05, 0.1) is 13.0 Å². The van der Waals surface area contributed by atoms with Gasteiger partial charge in [-0.25, -0.2) is 0 Å². The number of hydrogen-bond donors (Lipinski definition) is 2. The molecule has 0 unspecified atom stereocenters. The molecular formula is C15H23F3IN3O. The van der Waals surface area contributed by atoms with Gasteiger partial charge in [-0.1, -0.05) is 12.1 Å². The molecule has 1 aromatic rings. The van der Waals surface area contributed by atoms with E-state index in [2.05, 4.69) is 15.6 Å². The van der Waals surface area contributed by atoms with Crippen LogP contribution in [-0.4, -0.2) is 38.9 Å². The number of guanidine groups is 1. The summed E-state index contributed by atoms with van der Waals surface area (Å²) >= 11 is 0. The zero-order valence-corrected chi connectivity index (χ0v) is 15.6. The summed E-state index contributed by atoms with van der Waals surface area (Å²) in [6, 6.07) is 7.73. The molecule has 0 heterocycles. The second kappa shape index (κ2) is 11.4. The van der Waals surface area contributed by atoms with Crippen molar-refractivity contribution in [1.29, 1.82) is 0 Å². The maximum Gasteiger partial charge on any atom is 0.390 e. The first-order valence-corrected chi connectivity index (χ1v) is 7.17. The molecule has 0 saturated carbocycles. The molecule has 0 radical (unpaired) electrons. The third-order valence-corrected chi connectivity index (χ3v) is 2.84. The van der Waals surface area contributed by atoms with Crippen LogP contribution in [-0.2, 0) is 6.42 Å². The normalized spacial score (nSPS) is 11.6. The number of rotatable bonds is 7.